The van der Waals surface area contributed by atoms with Gasteiger partial charge in [0.15, 0.2) is 0 Å². The van der Waals surface area contributed by atoms with Gasteiger partial charge in [-0.1, -0.05) is 0 Å². The molecule has 1 rings (SSSR count). The zero-order valence-corrected chi connectivity index (χ0v) is 6.95. The smallest absolute Gasteiger partial charge is 0.407 e. The molecule has 1 heterocycles. The van der Waals surface area contributed by atoms with Crippen molar-refractivity contribution in [2.75, 3.05) is 26.7 Å². The highest BCUT2D eigenvalue weighted by atomic mass is 16.4. The molecule has 4 nitrogen and oxygen atoms in total. The van der Waals surface area contributed by atoms with Gasteiger partial charge in [-0.2, -0.15) is 0 Å². The predicted molar refractivity (Wildman–Crippen MR) is 41.7 cm³/mol. The lowest BCUT2D eigenvalue weighted by atomic mass is 10.2. The Labute approximate surface area is 66.4 Å². The molecule has 0 spiro atoms. The number of carboxylic acid groups (broad SMARTS) is 1. The van der Waals surface area contributed by atoms with Crippen molar-refractivity contribution in [1.82, 2.24) is 9.80 Å². The maximum Gasteiger partial charge on any atom is 0.407 e. The Morgan fingerprint density at radius 1 is 1.55 bits per heavy atom. The Morgan fingerprint density at radius 3 is 2.64 bits per heavy atom. The molecule has 0 aromatic heterocycles. The van der Waals surface area contributed by atoms with Crippen molar-refractivity contribution in [3.8, 4) is 0 Å². The lowest BCUT2D eigenvalue weighted by molar-refractivity contribution is 0.0844. The van der Waals surface area contributed by atoms with E-state index in [0.717, 1.165) is 13.1 Å². The van der Waals surface area contributed by atoms with E-state index in [4.69, 9.17) is 5.11 Å². The molecule has 11 heavy (non-hydrogen) atoms. The molecular formula is C7H14N2O2. The highest BCUT2D eigenvalue weighted by Crippen LogP contribution is 2.06. The van der Waals surface area contributed by atoms with E-state index in [9.17, 15) is 4.79 Å². The van der Waals surface area contributed by atoms with Crippen molar-refractivity contribution in [2.24, 2.45) is 0 Å². The van der Waals surface area contributed by atoms with Crippen molar-refractivity contribution in [1.29, 1.82) is 0 Å². The molecule has 64 valence electrons. The van der Waals surface area contributed by atoms with Crippen molar-refractivity contribution < 1.29 is 9.90 Å². The van der Waals surface area contributed by atoms with Gasteiger partial charge in [0.1, 0.15) is 0 Å². The molecule has 0 unspecified atom stereocenters. The fourth-order valence-electron chi connectivity index (χ4n) is 1.42. The van der Waals surface area contributed by atoms with E-state index in [1.165, 1.54) is 4.90 Å². The predicted octanol–water partition coefficient (Wildman–Crippen LogP) is 0.300. The van der Waals surface area contributed by atoms with Crippen molar-refractivity contribution in [3.05, 3.63) is 0 Å². The summed E-state index contributed by atoms with van der Waals surface area (Å²) in [6.07, 6.45) is -0.800. The van der Waals surface area contributed by atoms with Gasteiger partial charge in [0.2, 0.25) is 0 Å². The van der Waals surface area contributed by atoms with E-state index in [-0.39, 0.29) is 6.04 Å². The third-order valence-corrected chi connectivity index (χ3v) is 2.08. The van der Waals surface area contributed by atoms with Gasteiger partial charge in [0, 0.05) is 25.7 Å². The number of carbonyl (C=O) groups is 1. The summed E-state index contributed by atoms with van der Waals surface area (Å²) in [6, 6.07) is 0.131. The number of hydrogen-bond donors (Lipinski definition) is 1. The van der Waals surface area contributed by atoms with E-state index in [0.29, 0.717) is 6.54 Å². The fourth-order valence-corrected chi connectivity index (χ4v) is 1.42. The van der Waals surface area contributed by atoms with Crippen molar-refractivity contribution >= 4 is 6.09 Å². The normalized spacial score (nSPS) is 27.1. The first-order valence-electron chi connectivity index (χ1n) is 3.79. The van der Waals surface area contributed by atoms with Gasteiger partial charge >= 0.3 is 6.09 Å². The number of piperazine rings is 1. The second kappa shape index (κ2) is 3.09. The van der Waals surface area contributed by atoms with Gasteiger partial charge in [-0.15, -0.1) is 0 Å². The molecule has 0 saturated carbocycles. The molecular weight excluding hydrogens is 144 g/mol. The summed E-state index contributed by atoms with van der Waals surface area (Å²) in [5, 5.41) is 8.70. The Kier molecular flexibility index (Phi) is 2.34. The molecule has 0 aromatic rings. The Hall–Kier alpha value is -0.770. The summed E-state index contributed by atoms with van der Waals surface area (Å²) in [4.78, 5) is 14.2. The summed E-state index contributed by atoms with van der Waals surface area (Å²) < 4.78 is 0. The summed E-state index contributed by atoms with van der Waals surface area (Å²) in [5.74, 6) is 0. The maximum absolute atomic E-state index is 10.6. The Bertz CT molecular complexity index is 161. The highest BCUT2D eigenvalue weighted by molar-refractivity contribution is 5.65. The maximum atomic E-state index is 10.6. The van der Waals surface area contributed by atoms with E-state index < -0.39 is 6.09 Å². The lowest BCUT2D eigenvalue weighted by Crippen LogP contribution is -2.52. The van der Waals surface area contributed by atoms with Gasteiger partial charge in [-0.05, 0) is 14.0 Å². The molecule has 1 aliphatic heterocycles. The molecule has 0 aromatic carbocycles. The van der Waals surface area contributed by atoms with Crippen molar-refractivity contribution in [2.45, 2.75) is 13.0 Å². The van der Waals surface area contributed by atoms with Crippen LogP contribution >= 0.6 is 0 Å². The second-order valence-electron chi connectivity index (χ2n) is 3.09. The molecule has 1 aliphatic rings. The first-order chi connectivity index (χ1) is 5.11. The minimum absolute atomic E-state index is 0.131. The van der Waals surface area contributed by atoms with Crippen molar-refractivity contribution in [3.63, 3.8) is 0 Å². The molecule has 1 fully saturated rings. The third-order valence-electron chi connectivity index (χ3n) is 2.08. The molecule has 1 atom stereocenters. The monoisotopic (exact) mass is 158 g/mol. The van der Waals surface area contributed by atoms with E-state index >= 15 is 0 Å². The number of hydrogen-bond acceptors (Lipinski definition) is 2. The number of nitrogens with zero attached hydrogens (tertiary/aromatic N) is 2. The average Bonchev–Trinajstić information content (AvgIpc) is 1.85. The molecule has 0 aliphatic carbocycles. The number of rotatable bonds is 0. The zero-order chi connectivity index (χ0) is 8.43. The molecule has 1 amide bonds. The van der Waals surface area contributed by atoms with Gasteiger partial charge in [-0.25, -0.2) is 4.79 Å². The lowest BCUT2D eigenvalue weighted by Gasteiger charge is -2.36. The van der Waals surface area contributed by atoms with Gasteiger partial charge in [0.05, 0.1) is 0 Å². The van der Waals surface area contributed by atoms with Gasteiger partial charge in [-0.3, -0.25) is 0 Å². The highest BCUT2D eigenvalue weighted by Gasteiger charge is 2.24. The molecule has 1 N–H and O–H groups in total. The van der Waals surface area contributed by atoms with Crippen LogP contribution in [0.1, 0.15) is 6.92 Å². The fraction of sp³-hybridized carbons (Fsp3) is 0.857. The summed E-state index contributed by atoms with van der Waals surface area (Å²) in [7, 11) is 2.01. The van der Waals surface area contributed by atoms with Gasteiger partial charge < -0.3 is 14.9 Å². The van der Waals surface area contributed by atoms with Crippen LogP contribution < -0.4 is 0 Å². The van der Waals surface area contributed by atoms with Crippen LogP contribution in [0.2, 0.25) is 0 Å². The minimum Gasteiger partial charge on any atom is -0.465 e. The van der Waals surface area contributed by atoms with E-state index in [1.807, 2.05) is 14.0 Å². The number of amides is 1. The topological polar surface area (TPSA) is 43.8 Å². The van der Waals surface area contributed by atoms with Crippen LogP contribution in [0.5, 0.6) is 0 Å². The molecule has 4 heteroatoms. The van der Waals surface area contributed by atoms with Crippen LogP contribution in [0.4, 0.5) is 4.79 Å². The largest absolute Gasteiger partial charge is 0.465 e. The van der Waals surface area contributed by atoms with E-state index in [1.54, 1.807) is 0 Å². The quantitative estimate of drug-likeness (QED) is 0.551. The average molecular weight is 158 g/mol. The van der Waals surface area contributed by atoms with Crippen LogP contribution in [-0.2, 0) is 0 Å². The zero-order valence-electron chi connectivity index (χ0n) is 6.95. The Morgan fingerprint density at radius 2 is 2.18 bits per heavy atom. The SMILES string of the molecule is C[C@H]1CN(C)CCN1C(=O)O. The Balaban J connectivity index is 2.50. The molecule has 1 saturated heterocycles. The van der Waals surface area contributed by atoms with Crippen LogP contribution in [-0.4, -0.2) is 53.7 Å². The van der Waals surface area contributed by atoms with Crippen LogP contribution in [0.25, 0.3) is 0 Å². The van der Waals surface area contributed by atoms with E-state index in [2.05, 4.69) is 4.90 Å². The minimum atomic E-state index is -0.800. The van der Waals surface area contributed by atoms with Crippen LogP contribution in [0.15, 0.2) is 0 Å². The first-order valence-corrected chi connectivity index (χ1v) is 3.79. The van der Waals surface area contributed by atoms with Gasteiger partial charge in [0.25, 0.3) is 0 Å². The number of likely N-dealkylation sites (N-methyl/N-ethyl adjacent to an activating group) is 1. The summed E-state index contributed by atoms with van der Waals surface area (Å²) in [6.45, 7) is 4.25. The third kappa shape index (κ3) is 1.83. The molecule has 0 radical (unpaired) electrons. The standard InChI is InChI=1S/C7H14N2O2/c1-6-5-8(2)3-4-9(6)7(10)11/h6H,3-5H2,1-2H3,(H,10,11)/t6-/m0/s1. The second-order valence-corrected chi connectivity index (χ2v) is 3.09. The van der Waals surface area contributed by atoms with Crippen LogP contribution in [0, 0.1) is 0 Å². The molecule has 0 bridgehead atoms. The summed E-state index contributed by atoms with van der Waals surface area (Å²) in [5.41, 5.74) is 0. The summed E-state index contributed by atoms with van der Waals surface area (Å²) >= 11 is 0. The van der Waals surface area contributed by atoms with Crippen LogP contribution in [0.3, 0.4) is 0 Å². The first kappa shape index (κ1) is 8.33.